The number of nitrogens with one attached hydrogen (secondary N) is 1. The van der Waals surface area contributed by atoms with E-state index in [1.165, 1.54) is 17.4 Å². The van der Waals surface area contributed by atoms with E-state index in [1.807, 2.05) is 6.92 Å². The molecule has 1 aliphatic rings. The fraction of sp³-hybridized carbons (Fsp3) is 0.294. The van der Waals surface area contributed by atoms with Crippen molar-refractivity contribution in [3.63, 3.8) is 0 Å². The summed E-state index contributed by atoms with van der Waals surface area (Å²) in [7, 11) is 0. The second-order valence-electron chi connectivity index (χ2n) is 5.91. The third-order valence-corrected chi connectivity index (χ3v) is 4.96. The van der Waals surface area contributed by atoms with Crippen LogP contribution in [-0.2, 0) is 4.74 Å². The van der Waals surface area contributed by atoms with Gasteiger partial charge in [-0.15, -0.1) is 11.3 Å². The number of nitrogens with zero attached hydrogens (tertiary/aromatic N) is 4. The zero-order chi connectivity index (χ0) is 18.1. The van der Waals surface area contributed by atoms with Crippen molar-refractivity contribution in [3.8, 4) is 10.6 Å². The maximum Gasteiger partial charge on any atom is 0.273 e. The number of ether oxygens (including phenoxy) is 1. The molecule has 1 aromatic carbocycles. The van der Waals surface area contributed by atoms with Gasteiger partial charge in [-0.2, -0.15) is 5.10 Å². The fourth-order valence-electron chi connectivity index (χ4n) is 2.79. The van der Waals surface area contributed by atoms with Crippen LogP contribution in [0, 0.1) is 12.7 Å². The lowest BCUT2D eigenvalue weighted by Gasteiger charge is -2.31. The van der Waals surface area contributed by atoms with Crippen LogP contribution >= 0.6 is 11.3 Å². The minimum Gasteiger partial charge on any atom is -0.366 e. The molecule has 3 aromatic rings. The van der Waals surface area contributed by atoms with Crippen molar-refractivity contribution >= 4 is 17.2 Å². The van der Waals surface area contributed by atoms with Crippen molar-refractivity contribution in [1.82, 2.24) is 25.1 Å². The zero-order valence-corrected chi connectivity index (χ0v) is 14.8. The summed E-state index contributed by atoms with van der Waals surface area (Å²) < 4.78 is 19.6. The maximum absolute atomic E-state index is 13.9. The first-order valence-electron chi connectivity index (χ1n) is 8.12. The van der Waals surface area contributed by atoms with Crippen molar-refractivity contribution in [2.24, 2.45) is 0 Å². The summed E-state index contributed by atoms with van der Waals surface area (Å²) in [5.74, 6) is 0.670. The first-order valence-corrected chi connectivity index (χ1v) is 9.00. The number of benzene rings is 1. The summed E-state index contributed by atoms with van der Waals surface area (Å²) in [4.78, 5) is 23.0. The number of hydrogen-bond donors (Lipinski definition) is 1. The second-order valence-corrected chi connectivity index (χ2v) is 6.77. The molecule has 0 radical (unpaired) electrons. The smallest absolute Gasteiger partial charge is 0.273 e. The predicted octanol–water partition coefficient (Wildman–Crippen LogP) is 2.59. The second kappa shape index (κ2) is 6.93. The first-order chi connectivity index (χ1) is 12.6. The molecule has 7 nitrogen and oxygen atoms in total. The van der Waals surface area contributed by atoms with E-state index in [0.29, 0.717) is 47.6 Å². The highest BCUT2D eigenvalue weighted by Gasteiger charge is 2.29. The number of amides is 1. The number of morpholine rings is 1. The molecule has 0 saturated carbocycles. The van der Waals surface area contributed by atoms with Crippen LogP contribution in [-0.4, -0.2) is 50.7 Å². The molecule has 1 aliphatic heterocycles. The Morgan fingerprint density at radius 1 is 1.38 bits per heavy atom. The molecule has 2 aromatic heterocycles. The van der Waals surface area contributed by atoms with Gasteiger partial charge in [0.25, 0.3) is 5.91 Å². The van der Waals surface area contributed by atoms with Gasteiger partial charge >= 0.3 is 0 Å². The Morgan fingerprint density at radius 3 is 3.00 bits per heavy atom. The van der Waals surface area contributed by atoms with Crippen molar-refractivity contribution in [2.45, 2.75) is 13.0 Å². The predicted molar refractivity (Wildman–Crippen MR) is 93.2 cm³/mol. The summed E-state index contributed by atoms with van der Waals surface area (Å²) >= 11 is 1.25. The third-order valence-electron chi connectivity index (χ3n) is 4.08. The fourth-order valence-corrected chi connectivity index (χ4v) is 3.61. The molecular weight excluding hydrogens is 357 g/mol. The molecule has 3 heterocycles. The molecule has 1 amide bonds. The van der Waals surface area contributed by atoms with E-state index in [9.17, 15) is 9.18 Å². The third kappa shape index (κ3) is 3.23. The molecule has 1 atom stereocenters. The van der Waals surface area contributed by atoms with Crippen LogP contribution in [0.15, 0.2) is 29.6 Å². The molecule has 0 spiro atoms. The minimum atomic E-state index is -0.373. The lowest BCUT2D eigenvalue weighted by Crippen LogP contribution is -2.42. The van der Waals surface area contributed by atoms with Crippen molar-refractivity contribution in [1.29, 1.82) is 0 Å². The number of carbonyl (C=O) groups is 1. The van der Waals surface area contributed by atoms with Crippen LogP contribution in [0.1, 0.15) is 28.2 Å². The highest BCUT2D eigenvalue weighted by molar-refractivity contribution is 7.13. The molecular formula is C17H16FN5O2S. The number of H-pyrrole nitrogens is 1. The van der Waals surface area contributed by atoms with Gasteiger partial charge in [0, 0.05) is 17.5 Å². The van der Waals surface area contributed by atoms with Gasteiger partial charge in [0.15, 0.2) is 5.82 Å². The van der Waals surface area contributed by atoms with Gasteiger partial charge in [-0.05, 0) is 19.1 Å². The molecule has 134 valence electrons. The summed E-state index contributed by atoms with van der Waals surface area (Å²) in [6.07, 6.45) is -0.373. The number of aryl methyl sites for hydroxylation is 1. The van der Waals surface area contributed by atoms with Crippen LogP contribution in [0.25, 0.3) is 10.6 Å². The Kier molecular flexibility index (Phi) is 4.48. The largest absolute Gasteiger partial charge is 0.366 e. The van der Waals surface area contributed by atoms with E-state index < -0.39 is 0 Å². The van der Waals surface area contributed by atoms with Crippen molar-refractivity contribution < 1.29 is 13.9 Å². The monoisotopic (exact) mass is 373 g/mol. The lowest BCUT2D eigenvalue weighted by atomic mass is 10.2. The number of thiazole rings is 1. The number of aromatic amines is 1. The highest BCUT2D eigenvalue weighted by atomic mass is 32.1. The minimum absolute atomic E-state index is 0.204. The average Bonchev–Trinajstić information content (AvgIpc) is 3.31. The van der Waals surface area contributed by atoms with Crippen LogP contribution in [0.4, 0.5) is 4.39 Å². The van der Waals surface area contributed by atoms with Gasteiger partial charge in [-0.25, -0.2) is 14.4 Å². The molecule has 1 unspecified atom stereocenters. The number of halogens is 1. The van der Waals surface area contributed by atoms with Gasteiger partial charge in [0.2, 0.25) is 0 Å². The van der Waals surface area contributed by atoms with E-state index in [2.05, 4.69) is 20.2 Å². The Bertz CT molecular complexity index is 941. The van der Waals surface area contributed by atoms with Crippen molar-refractivity contribution in [2.75, 3.05) is 19.7 Å². The quantitative estimate of drug-likeness (QED) is 0.763. The molecule has 0 bridgehead atoms. The summed E-state index contributed by atoms with van der Waals surface area (Å²) in [5.41, 5.74) is 0.702. The van der Waals surface area contributed by atoms with E-state index in [-0.39, 0.29) is 17.8 Å². The summed E-state index contributed by atoms with van der Waals surface area (Å²) in [5, 5.41) is 9.03. The van der Waals surface area contributed by atoms with Gasteiger partial charge in [-0.1, -0.05) is 12.1 Å². The molecule has 26 heavy (non-hydrogen) atoms. The van der Waals surface area contributed by atoms with Gasteiger partial charge in [0.1, 0.15) is 28.4 Å². The highest BCUT2D eigenvalue weighted by Crippen LogP contribution is 2.27. The topological polar surface area (TPSA) is 84.0 Å². The van der Waals surface area contributed by atoms with Crippen LogP contribution in [0.5, 0.6) is 0 Å². The van der Waals surface area contributed by atoms with Crippen LogP contribution in [0.2, 0.25) is 0 Å². The number of aromatic nitrogens is 4. The maximum atomic E-state index is 13.9. The van der Waals surface area contributed by atoms with Crippen LogP contribution < -0.4 is 0 Å². The Balaban J connectivity index is 1.52. The molecule has 1 N–H and O–H groups in total. The molecule has 9 heteroatoms. The van der Waals surface area contributed by atoms with Gasteiger partial charge < -0.3 is 9.64 Å². The van der Waals surface area contributed by atoms with Crippen molar-refractivity contribution in [3.05, 3.63) is 52.8 Å². The van der Waals surface area contributed by atoms with Gasteiger partial charge in [0.05, 0.1) is 13.2 Å². The Hall–Kier alpha value is -2.65. The molecule has 1 fully saturated rings. The zero-order valence-electron chi connectivity index (χ0n) is 14.0. The molecule has 4 rings (SSSR count). The van der Waals surface area contributed by atoms with Crippen LogP contribution in [0.3, 0.4) is 0 Å². The Labute approximate surface area is 152 Å². The SMILES string of the molecule is Cc1nc(C2CN(C(=O)c3csc(-c4ccccc4F)n3)CCO2)n[nH]1. The Morgan fingerprint density at radius 2 is 2.23 bits per heavy atom. The van der Waals surface area contributed by atoms with Gasteiger partial charge in [-0.3, -0.25) is 9.89 Å². The standard InChI is InChI=1S/C17H16FN5O2S/c1-10-19-15(22-21-10)14-8-23(6-7-25-14)17(24)13-9-26-16(20-13)11-4-2-3-5-12(11)18/h2-5,9,14H,6-8H2,1H3,(H,19,21,22). The number of hydrogen-bond acceptors (Lipinski definition) is 6. The summed E-state index contributed by atoms with van der Waals surface area (Å²) in [6.45, 7) is 3.02. The summed E-state index contributed by atoms with van der Waals surface area (Å²) in [6, 6.07) is 6.40. The molecule has 1 saturated heterocycles. The van der Waals surface area contributed by atoms with E-state index in [4.69, 9.17) is 4.74 Å². The normalized spacial score (nSPS) is 17.5. The van der Waals surface area contributed by atoms with E-state index >= 15 is 0 Å². The average molecular weight is 373 g/mol. The van der Waals surface area contributed by atoms with E-state index in [1.54, 1.807) is 28.5 Å². The number of carbonyl (C=O) groups excluding carboxylic acids is 1. The van der Waals surface area contributed by atoms with E-state index in [0.717, 1.165) is 0 Å². The molecule has 0 aliphatic carbocycles. The lowest BCUT2D eigenvalue weighted by molar-refractivity contribution is -0.0268. The first kappa shape index (κ1) is 16.8. The number of rotatable bonds is 3.